The van der Waals surface area contributed by atoms with Gasteiger partial charge in [0.05, 0.1) is 0 Å². The van der Waals surface area contributed by atoms with Gasteiger partial charge in [-0.15, -0.1) is 0 Å². The van der Waals surface area contributed by atoms with Crippen LogP contribution in [0.4, 0.5) is 5.69 Å². The van der Waals surface area contributed by atoms with Crippen molar-refractivity contribution in [3.8, 4) is 0 Å². The lowest BCUT2D eigenvalue weighted by Gasteiger charge is -2.23. The topological polar surface area (TPSA) is 44.4 Å². The van der Waals surface area contributed by atoms with E-state index in [1.165, 1.54) is 11.3 Å². The summed E-state index contributed by atoms with van der Waals surface area (Å²) in [4.78, 5) is 13.9. The van der Waals surface area contributed by atoms with Crippen molar-refractivity contribution in [2.24, 2.45) is 0 Å². The number of hydrogen-bond donors (Lipinski definition) is 2. The number of nitrogens with zero attached hydrogens (tertiary/aromatic N) is 1. The highest BCUT2D eigenvalue weighted by molar-refractivity contribution is 5.75. The Morgan fingerprint density at radius 3 is 2.75 bits per heavy atom. The summed E-state index contributed by atoms with van der Waals surface area (Å²) < 4.78 is 0. The Kier molecular flexibility index (Phi) is 7.73. The van der Waals surface area contributed by atoms with E-state index in [1.807, 2.05) is 7.05 Å². The van der Waals surface area contributed by atoms with Gasteiger partial charge in [-0.1, -0.05) is 12.1 Å². The van der Waals surface area contributed by atoms with Crippen LogP contribution in [-0.2, 0) is 4.79 Å². The van der Waals surface area contributed by atoms with Gasteiger partial charge in [-0.05, 0) is 51.6 Å². The normalized spacial score (nSPS) is 10.3. The van der Waals surface area contributed by atoms with Gasteiger partial charge in [-0.3, -0.25) is 4.79 Å². The third kappa shape index (κ3) is 6.06. The minimum atomic E-state index is 0.139. The maximum absolute atomic E-state index is 11.6. The fourth-order valence-corrected chi connectivity index (χ4v) is 2.14. The van der Waals surface area contributed by atoms with Crippen molar-refractivity contribution in [2.75, 3.05) is 38.1 Å². The van der Waals surface area contributed by atoms with Crippen molar-refractivity contribution in [1.29, 1.82) is 0 Å². The molecule has 0 saturated heterocycles. The first-order valence-electron chi connectivity index (χ1n) is 7.40. The number of hydrogen-bond acceptors (Lipinski definition) is 3. The molecule has 0 radical (unpaired) electrons. The van der Waals surface area contributed by atoms with E-state index >= 15 is 0 Å². The van der Waals surface area contributed by atoms with Gasteiger partial charge in [0.15, 0.2) is 0 Å². The average Bonchev–Trinajstić information content (AvgIpc) is 2.44. The lowest BCUT2D eigenvalue weighted by atomic mass is 10.2. The number of carbonyl (C=O) groups is 1. The predicted molar refractivity (Wildman–Crippen MR) is 85.2 cm³/mol. The van der Waals surface area contributed by atoms with Crippen LogP contribution < -0.4 is 15.5 Å². The Labute approximate surface area is 122 Å². The molecule has 20 heavy (non-hydrogen) atoms. The van der Waals surface area contributed by atoms with E-state index in [1.54, 1.807) is 0 Å². The third-order valence-corrected chi connectivity index (χ3v) is 3.28. The van der Waals surface area contributed by atoms with Gasteiger partial charge < -0.3 is 15.5 Å². The Hall–Kier alpha value is -1.55. The molecule has 112 valence electrons. The van der Waals surface area contributed by atoms with E-state index in [9.17, 15) is 4.79 Å². The zero-order chi connectivity index (χ0) is 14.8. The second kappa shape index (κ2) is 9.37. The fraction of sp³-hybridized carbons (Fsp3) is 0.562. The van der Waals surface area contributed by atoms with Crippen molar-refractivity contribution < 1.29 is 4.79 Å². The summed E-state index contributed by atoms with van der Waals surface area (Å²) in [5.74, 6) is 0.139. The molecular weight excluding hydrogens is 250 g/mol. The summed E-state index contributed by atoms with van der Waals surface area (Å²) in [5.41, 5.74) is 2.48. The van der Waals surface area contributed by atoms with Crippen molar-refractivity contribution in [1.82, 2.24) is 10.6 Å². The quantitative estimate of drug-likeness (QED) is 0.678. The molecule has 0 spiro atoms. The third-order valence-electron chi connectivity index (χ3n) is 3.28. The zero-order valence-corrected chi connectivity index (χ0v) is 12.9. The molecule has 0 aliphatic carbocycles. The summed E-state index contributed by atoms with van der Waals surface area (Å²) >= 11 is 0. The van der Waals surface area contributed by atoms with Crippen LogP contribution in [0.3, 0.4) is 0 Å². The summed E-state index contributed by atoms with van der Waals surface area (Å²) in [6.45, 7) is 7.60. The molecule has 4 nitrogen and oxygen atoms in total. The summed E-state index contributed by atoms with van der Waals surface area (Å²) in [5, 5.41) is 6.03. The predicted octanol–water partition coefficient (Wildman–Crippen LogP) is 1.94. The van der Waals surface area contributed by atoms with Crippen LogP contribution in [0.15, 0.2) is 24.3 Å². The molecule has 2 N–H and O–H groups in total. The van der Waals surface area contributed by atoms with Crippen molar-refractivity contribution >= 4 is 11.6 Å². The van der Waals surface area contributed by atoms with E-state index in [2.05, 4.69) is 53.6 Å². The van der Waals surface area contributed by atoms with E-state index < -0.39 is 0 Å². The standard InChI is InChI=1S/C16H27N3O/c1-4-19(15-8-5-7-14(2)13-15)12-11-18-16(20)9-6-10-17-3/h5,7-8,13,17H,4,6,9-12H2,1-3H3,(H,18,20). The number of carbonyl (C=O) groups excluding carboxylic acids is 1. The molecule has 0 saturated carbocycles. The molecule has 0 aliphatic rings. The van der Waals surface area contributed by atoms with Crippen molar-refractivity contribution in [2.45, 2.75) is 26.7 Å². The van der Waals surface area contributed by atoms with Gasteiger partial charge in [0.1, 0.15) is 0 Å². The summed E-state index contributed by atoms with van der Waals surface area (Å²) in [6, 6.07) is 8.47. The first-order valence-corrected chi connectivity index (χ1v) is 7.40. The minimum absolute atomic E-state index is 0.139. The molecular formula is C16H27N3O. The molecule has 0 fully saturated rings. The number of benzene rings is 1. The highest BCUT2D eigenvalue weighted by atomic mass is 16.1. The van der Waals surface area contributed by atoms with Gasteiger partial charge in [0.25, 0.3) is 0 Å². The lowest BCUT2D eigenvalue weighted by molar-refractivity contribution is -0.121. The van der Waals surface area contributed by atoms with Crippen molar-refractivity contribution in [3.05, 3.63) is 29.8 Å². The van der Waals surface area contributed by atoms with E-state index in [-0.39, 0.29) is 5.91 Å². The van der Waals surface area contributed by atoms with Gasteiger partial charge in [-0.2, -0.15) is 0 Å². The van der Waals surface area contributed by atoms with E-state index in [0.29, 0.717) is 13.0 Å². The Morgan fingerprint density at radius 1 is 1.30 bits per heavy atom. The van der Waals surface area contributed by atoms with Gasteiger partial charge >= 0.3 is 0 Å². The first kappa shape index (κ1) is 16.5. The van der Waals surface area contributed by atoms with Crippen LogP contribution in [0.25, 0.3) is 0 Å². The van der Waals surface area contributed by atoms with E-state index in [4.69, 9.17) is 0 Å². The van der Waals surface area contributed by atoms with Crippen LogP contribution in [0, 0.1) is 6.92 Å². The number of likely N-dealkylation sites (N-methyl/N-ethyl adjacent to an activating group) is 1. The number of rotatable bonds is 9. The van der Waals surface area contributed by atoms with Crippen molar-refractivity contribution in [3.63, 3.8) is 0 Å². The smallest absolute Gasteiger partial charge is 0.220 e. The molecule has 0 atom stereocenters. The molecule has 0 aliphatic heterocycles. The second-order valence-corrected chi connectivity index (χ2v) is 4.98. The molecule has 0 unspecified atom stereocenters. The fourth-order valence-electron chi connectivity index (χ4n) is 2.14. The van der Waals surface area contributed by atoms with Gasteiger partial charge in [0.2, 0.25) is 5.91 Å². The van der Waals surface area contributed by atoms with Gasteiger partial charge in [0, 0.05) is 31.7 Å². The minimum Gasteiger partial charge on any atom is -0.370 e. The summed E-state index contributed by atoms with van der Waals surface area (Å²) in [7, 11) is 1.90. The number of anilines is 1. The van der Waals surface area contributed by atoms with Crippen LogP contribution in [0.1, 0.15) is 25.3 Å². The molecule has 1 amide bonds. The maximum atomic E-state index is 11.6. The number of amides is 1. The van der Waals surface area contributed by atoms with Crippen LogP contribution in [-0.4, -0.2) is 39.1 Å². The SMILES string of the molecule is CCN(CCNC(=O)CCCNC)c1cccc(C)c1. The van der Waals surface area contributed by atoms with Crippen LogP contribution >= 0.6 is 0 Å². The Balaban J connectivity index is 2.33. The highest BCUT2D eigenvalue weighted by Gasteiger charge is 2.05. The lowest BCUT2D eigenvalue weighted by Crippen LogP contribution is -2.35. The molecule has 1 rings (SSSR count). The molecule has 1 aromatic rings. The van der Waals surface area contributed by atoms with Gasteiger partial charge in [-0.25, -0.2) is 0 Å². The second-order valence-electron chi connectivity index (χ2n) is 4.98. The molecule has 0 aromatic heterocycles. The summed E-state index contributed by atoms with van der Waals surface area (Å²) in [6.07, 6.45) is 1.48. The van der Waals surface area contributed by atoms with Crippen LogP contribution in [0.5, 0.6) is 0 Å². The first-order chi connectivity index (χ1) is 9.67. The average molecular weight is 277 g/mol. The molecule has 4 heteroatoms. The number of nitrogens with one attached hydrogen (secondary N) is 2. The molecule has 1 aromatic carbocycles. The van der Waals surface area contributed by atoms with Crippen LogP contribution in [0.2, 0.25) is 0 Å². The Bertz CT molecular complexity index is 406. The molecule has 0 heterocycles. The Morgan fingerprint density at radius 2 is 2.10 bits per heavy atom. The zero-order valence-electron chi connectivity index (χ0n) is 12.9. The monoisotopic (exact) mass is 277 g/mol. The number of aryl methyl sites for hydroxylation is 1. The largest absolute Gasteiger partial charge is 0.370 e. The highest BCUT2D eigenvalue weighted by Crippen LogP contribution is 2.14. The maximum Gasteiger partial charge on any atom is 0.220 e. The molecule has 0 bridgehead atoms. The van der Waals surface area contributed by atoms with E-state index in [0.717, 1.165) is 26.1 Å².